The van der Waals surface area contributed by atoms with Gasteiger partial charge < -0.3 is 14.2 Å². The fraction of sp³-hybridized carbons (Fsp3) is 0.0833. The molecular weight excluding hydrogens is 404 g/mol. The van der Waals surface area contributed by atoms with Gasteiger partial charge in [-0.3, -0.25) is 4.79 Å². The van der Waals surface area contributed by atoms with Crippen molar-refractivity contribution in [3.05, 3.63) is 94.5 Å². The Balaban J connectivity index is 1.73. The summed E-state index contributed by atoms with van der Waals surface area (Å²) in [6.45, 7) is 0. The molecule has 0 saturated carbocycles. The smallest absolute Gasteiger partial charge is 0.351 e. The lowest BCUT2D eigenvalue weighted by Gasteiger charge is -2.12. The summed E-state index contributed by atoms with van der Waals surface area (Å²) in [5, 5.41) is 0.565. The molecule has 30 heavy (non-hydrogen) atoms. The minimum Gasteiger partial charge on any atom is -0.496 e. The summed E-state index contributed by atoms with van der Waals surface area (Å²) >= 11 is 6.09. The number of methoxy groups -OCH3 is 2. The van der Waals surface area contributed by atoms with E-state index < -0.39 is 5.97 Å². The Hall–Kier alpha value is -3.57. The van der Waals surface area contributed by atoms with Crippen LogP contribution in [0.25, 0.3) is 6.08 Å². The Morgan fingerprint density at radius 2 is 1.47 bits per heavy atom. The largest absolute Gasteiger partial charge is 0.496 e. The van der Waals surface area contributed by atoms with Crippen LogP contribution in [-0.2, 0) is 0 Å². The topological polar surface area (TPSA) is 61.8 Å². The first-order valence-corrected chi connectivity index (χ1v) is 9.41. The minimum atomic E-state index is -0.623. The van der Waals surface area contributed by atoms with E-state index in [-0.39, 0.29) is 11.3 Å². The van der Waals surface area contributed by atoms with Crippen LogP contribution in [0, 0.1) is 0 Å². The molecule has 6 heteroatoms. The highest BCUT2D eigenvalue weighted by Crippen LogP contribution is 2.29. The third kappa shape index (κ3) is 4.88. The number of halogens is 1. The van der Waals surface area contributed by atoms with E-state index in [1.807, 2.05) is 18.2 Å². The summed E-state index contributed by atoms with van der Waals surface area (Å²) in [6.07, 6.45) is 3.11. The molecule has 3 aromatic carbocycles. The van der Waals surface area contributed by atoms with Gasteiger partial charge in [0.1, 0.15) is 22.8 Å². The van der Waals surface area contributed by atoms with Crippen molar-refractivity contribution in [3.63, 3.8) is 0 Å². The minimum absolute atomic E-state index is 0.185. The normalized spacial score (nSPS) is 10.6. The second-order valence-electron chi connectivity index (χ2n) is 6.17. The highest BCUT2D eigenvalue weighted by atomic mass is 35.5. The Labute approximate surface area is 179 Å². The van der Waals surface area contributed by atoms with E-state index in [1.54, 1.807) is 54.6 Å². The molecule has 0 aliphatic heterocycles. The number of ether oxygens (including phenoxy) is 3. The number of benzene rings is 3. The number of esters is 1. The summed E-state index contributed by atoms with van der Waals surface area (Å²) in [4.78, 5) is 25.0. The van der Waals surface area contributed by atoms with E-state index in [2.05, 4.69) is 0 Å². The second-order valence-corrected chi connectivity index (χ2v) is 6.58. The maximum Gasteiger partial charge on any atom is 0.351 e. The van der Waals surface area contributed by atoms with Gasteiger partial charge in [-0.25, -0.2) is 4.79 Å². The number of hydrogen-bond acceptors (Lipinski definition) is 5. The fourth-order valence-corrected chi connectivity index (χ4v) is 2.97. The van der Waals surface area contributed by atoms with E-state index in [0.717, 1.165) is 5.56 Å². The third-order valence-electron chi connectivity index (χ3n) is 4.30. The number of carbonyl (C=O) groups is 2. The molecule has 0 atom stereocenters. The Morgan fingerprint density at radius 3 is 2.07 bits per heavy atom. The van der Waals surface area contributed by atoms with Gasteiger partial charge in [0.25, 0.3) is 0 Å². The van der Waals surface area contributed by atoms with Crippen molar-refractivity contribution in [2.24, 2.45) is 0 Å². The maximum atomic E-state index is 12.6. The van der Waals surface area contributed by atoms with Gasteiger partial charge in [-0.05, 0) is 60.2 Å². The van der Waals surface area contributed by atoms with Crippen LogP contribution in [0.3, 0.4) is 0 Å². The van der Waals surface area contributed by atoms with Crippen molar-refractivity contribution < 1.29 is 23.8 Å². The van der Waals surface area contributed by atoms with Crippen LogP contribution in [0.1, 0.15) is 26.3 Å². The zero-order valence-electron chi connectivity index (χ0n) is 16.4. The van der Waals surface area contributed by atoms with Gasteiger partial charge in [0.05, 0.1) is 14.2 Å². The molecule has 0 spiro atoms. The molecule has 0 aromatic heterocycles. The summed E-state index contributed by atoms with van der Waals surface area (Å²) in [5.41, 5.74) is 1.39. The highest BCUT2D eigenvalue weighted by molar-refractivity contribution is 6.32. The van der Waals surface area contributed by atoms with E-state index in [4.69, 9.17) is 25.8 Å². The zero-order chi connectivity index (χ0) is 21.5. The Morgan fingerprint density at radius 1 is 0.833 bits per heavy atom. The quantitative estimate of drug-likeness (QED) is 0.218. The van der Waals surface area contributed by atoms with E-state index in [9.17, 15) is 9.59 Å². The third-order valence-corrected chi connectivity index (χ3v) is 4.65. The predicted molar refractivity (Wildman–Crippen MR) is 116 cm³/mol. The van der Waals surface area contributed by atoms with Gasteiger partial charge in [-0.15, -0.1) is 0 Å². The molecule has 0 bridgehead atoms. The molecular formula is C24H19ClO5. The molecule has 3 aromatic rings. The van der Waals surface area contributed by atoms with Crippen LogP contribution in [-0.4, -0.2) is 26.0 Å². The number of allylic oxidation sites excluding steroid dienone is 1. The lowest BCUT2D eigenvalue weighted by Crippen LogP contribution is -2.12. The number of carbonyl (C=O) groups excluding carboxylic acids is 2. The highest BCUT2D eigenvalue weighted by Gasteiger charge is 2.20. The average molecular weight is 423 g/mol. The first-order valence-electron chi connectivity index (χ1n) is 9.03. The van der Waals surface area contributed by atoms with E-state index in [0.29, 0.717) is 27.8 Å². The molecule has 0 heterocycles. The molecule has 5 nitrogen and oxygen atoms in total. The van der Waals surface area contributed by atoms with Gasteiger partial charge in [0.2, 0.25) is 0 Å². The van der Waals surface area contributed by atoms with Gasteiger partial charge in [0.15, 0.2) is 5.78 Å². The molecule has 0 aliphatic carbocycles. The lowest BCUT2D eigenvalue weighted by atomic mass is 10.1. The summed E-state index contributed by atoms with van der Waals surface area (Å²) < 4.78 is 15.9. The van der Waals surface area contributed by atoms with Crippen LogP contribution >= 0.6 is 11.6 Å². The first-order chi connectivity index (χ1) is 14.5. The summed E-state index contributed by atoms with van der Waals surface area (Å²) in [5.74, 6) is 0.160. The molecule has 3 rings (SSSR count). The molecule has 0 saturated heterocycles. The predicted octanol–water partition coefficient (Wildman–Crippen LogP) is 5.47. The van der Waals surface area contributed by atoms with Crippen LogP contribution < -0.4 is 14.2 Å². The molecule has 152 valence electrons. The van der Waals surface area contributed by atoms with Gasteiger partial charge in [-0.1, -0.05) is 35.9 Å². The number of hydrogen-bond donors (Lipinski definition) is 0. The van der Waals surface area contributed by atoms with Crippen molar-refractivity contribution in [2.75, 3.05) is 14.2 Å². The first kappa shape index (κ1) is 21.1. The number of ketones is 1. The summed E-state index contributed by atoms with van der Waals surface area (Å²) in [7, 11) is 2.92. The van der Waals surface area contributed by atoms with E-state index in [1.165, 1.54) is 20.3 Å². The van der Waals surface area contributed by atoms with Crippen molar-refractivity contribution in [3.8, 4) is 17.2 Å². The zero-order valence-corrected chi connectivity index (χ0v) is 17.2. The lowest BCUT2D eigenvalue weighted by molar-refractivity contribution is 0.0727. The SMILES string of the molecule is COc1cccc(OC)c1C(=O)Oc1ccc(C(=O)/C=C/c2ccccc2Cl)cc1. The summed E-state index contributed by atoms with van der Waals surface area (Å²) in [6, 6.07) is 18.5. The monoisotopic (exact) mass is 422 g/mol. The average Bonchev–Trinajstić information content (AvgIpc) is 2.78. The standard InChI is InChI=1S/C24H19ClO5/c1-28-21-8-5-9-22(29-2)23(21)24(27)30-18-13-10-17(11-14-18)20(26)15-12-16-6-3-4-7-19(16)25/h3-15H,1-2H3/b15-12+. The van der Waals surface area contributed by atoms with E-state index >= 15 is 0 Å². The maximum absolute atomic E-state index is 12.6. The second kappa shape index (κ2) is 9.76. The van der Waals surface area contributed by atoms with Gasteiger partial charge in [0, 0.05) is 10.6 Å². The Bertz CT molecular complexity index is 1060. The number of rotatable bonds is 7. The molecule has 0 amide bonds. The molecule has 0 N–H and O–H groups in total. The van der Waals surface area contributed by atoms with Crippen LogP contribution in [0.5, 0.6) is 17.2 Å². The Kier molecular flexibility index (Phi) is 6.88. The molecule has 0 unspecified atom stereocenters. The van der Waals surface area contributed by atoms with Gasteiger partial charge >= 0.3 is 5.97 Å². The molecule has 0 radical (unpaired) electrons. The van der Waals surface area contributed by atoms with Crippen molar-refractivity contribution in [2.45, 2.75) is 0 Å². The molecule has 0 fully saturated rings. The van der Waals surface area contributed by atoms with Crippen LogP contribution in [0.4, 0.5) is 0 Å². The molecule has 0 aliphatic rings. The van der Waals surface area contributed by atoms with Crippen molar-refractivity contribution in [1.82, 2.24) is 0 Å². The fourth-order valence-electron chi connectivity index (χ4n) is 2.77. The van der Waals surface area contributed by atoms with Crippen molar-refractivity contribution in [1.29, 1.82) is 0 Å². The van der Waals surface area contributed by atoms with Gasteiger partial charge in [-0.2, -0.15) is 0 Å². The van der Waals surface area contributed by atoms with Crippen molar-refractivity contribution >= 4 is 29.4 Å². The van der Waals surface area contributed by atoms with Crippen LogP contribution in [0.2, 0.25) is 5.02 Å². The van der Waals surface area contributed by atoms with Crippen LogP contribution in [0.15, 0.2) is 72.8 Å².